The Kier molecular flexibility index (Phi) is 4.40. The van der Waals surface area contributed by atoms with Gasteiger partial charge >= 0.3 is 0 Å². The van der Waals surface area contributed by atoms with Crippen LogP contribution in [0.25, 0.3) is 0 Å². The highest BCUT2D eigenvalue weighted by Gasteiger charge is 2.48. The van der Waals surface area contributed by atoms with Gasteiger partial charge in [-0.2, -0.15) is 0 Å². The molecule has 0 radical (unpaired) electrons. The summed E-state index contributed by atoms with van der Waals surface area (Å²) in [6, 6.07) is 0. The second kappa shape index (κ2) is 5.94. The normalized spacial score (nSPS) is 30.9. The van der Waals surface area contributed by atoms with Gasteiger partial charge in [-0.1, -0.05) is 32.1 Å². The molecular weight excluding hydrogens is 248 g/mol. The molecule has 0 bridgehead atoms. The van der Waals surface area contributed by atoms with Crippen molar-refractivity contribution in [3.8, 4) is 0 Å². The van der Waals surface area contributed by atoms with Gasteiger partial charge in [0, 0.05) is 37.8 Å². The zero-order valence-corrected chi connectivity index (χ0v) is 13.4. The number of methoxy groups -OCH3 is 1. The average molecular weight is 280 g/mol. The summed E-state index contributed by atoms with van der Waals surface area (Å²) in [5, 5.41) is 3.99. The summed E-state index contributed by atoms with van der Waals surface area (Å²) < 4.78 is 5.58. The molecule has 0 aromatic rings. The summed E-state index contributed by atoms with van der Waals surface area (Å²) in [4.78, 5) is 2.82. The van der Waals surface area contributed by atoms with Crippen molar-refractivity contribution in [2.24, 2.45) is 0 Å². The minimum Gasteiger partial charge on any atom is -0.380 e. The van der Waals surface area contributed by atoms with Crippen molar-refractivity contribution in [2.45, 2.75) is 81.9 Å². The summed E-state index contributed by atoms with van der Waals surface area (Å²) in [5.41, 5.74) is 0.856. The molecule has 1 heterocycles. The van der Waals surface area contributed by atoms with Gasteiger partial charge < -0.3 is 10.1 Å². The molecule has 0 aromatic carbocycles. The van der Waals surface area contributed by atoms with E-state index in [0.717, 1.165) is 6.54 Å². The quantitative estimate of drug-likeness (QED) is 0.860. The Hall–Kier alpha value is -0.120. The lowest BCUT2D eigenvalue weighted by molar-refractivity contribution is -0.0459. The summed E-state index contributed by atoms with van der Waals surface area (Å²) in [7, 11) is 1.85. The molecule has 3 heteroatoms. The van der Waals surface area contributed by atoms with Gasteiger partial charge in [-0.3, -0.25) is 4.90 Å². The Morgan fingerprint density at radius 1 is 1.05 bits per heavy atom. The number of piperazine rings is 1. The number of nitrogens with zero attached hydrogens (tertiary/aromatic N) is 1. The highest BCUT2D eigenvalue weighted by atomic mass is 16.5. The fraction of sp³-hybridized carbons (Fsp3) is 1.00. The Bertz CT molecular complexity index is 319. The van der Waals surface area contributed by atoms with Crippen molar-refractivity contribution in [3.63, 3.8) is 0 Å². The molecule has 1 N–H and O–H groups in total. The highest BCUT2D eigenvalue weighted by molar-refractivity contribution is 5.08. The van der Waals surface area contributed by atoms with Crippen LogP contribution in [0, 0.1) is 0 Å². The first-order valence-electron chi connectivity index (χ1n) is 8.71. The van der Waals surface area contributed by atoms with Crippen molar-refractivity contribution in [2.75, 3.05) is 26.7 Å². The van der Waals surface area contributed by atoms with Crippen LogP contribution in [-0.2, 0) is 4.74 Å². The summed E-state index contributed by atoms with van der Waals surface area (Å²) in [6.45, 7) is 5.80. The molecule has 1 unspecified atom stereocenters. The fourth-order valence-corrected chi connectivity index (χ4v) is 4.79. The molecule has 3 nitrogen and oxygen atoms in total. The molecular formula is C17H32N2O. The predicted octanol–water partition coefficient (Wildman–Crippen LogP) is 2.94. The number of rotatable bonds is 3. The maximum absolute atomic E-state index is 5.58. The Balaban J connectivity index is 1.75. The number of nitrogens with one attached hydrogen (secondary N) is 1. The molecule has 2 spiro atoms. The third kappa shape index (κ3) is 2.77. The van der Waals surface area contributed by atoms with Crippen LogP contribution in [-0.4, -0.2) is 48.8 Å². The van der Waals surface area contributed by atoms with Crippen LogP contribution < -0.4 is 5.32 Å². The predicted molar refractivity (Wildman–Crippen MR) is 83.1 cm³/mol. The Morgan fingerprint density at radius 2 is 1.70 bits per heavy atom. The molecule has 3 aliphatic rings. The van der Waals surface area contributed by atoms with E-state index in [0.29, 0.717) is 17.2 Å². The van der Waals surface area contributed by atoms with Crippen LogP contribution in [0.1, 0.15) is 64.7 Å². The molecule has 0 amide bonds. The van der Waals surface area contributed by atoms with E-state index in [-0.39, 0.29) is 0 Å². The van der Waals surface area contributed by atoms with Gasteiger partial charge in [-0.05, 0) is 32.6 Å². The summed E-state index contributed by atoms with van der Waals surface area (Å²) in [6.07, 6.45) is 12.9. The van der Waals surface area contributed by atoms with Gasteiger partial charge in [0.2, 0.25) is 0 Å². The first-order chi connectivity index (χ1) is 9.68. The van der Waals surface area contributed by atoms with E-state index in [1.54, 1.807) is 0 Å². The van der Waals surface area contributed by atoms with Gasteiger partial charge in [0.15, 0.2) is 0 Å². The lowest BCUT2D eigenvalue weighted by atomic mass is 9.76. The molecule has 0 aromatic heterocycles. The van der Waals surface area contributed by atoms with Crippen LogP contribution in [0.15, 0.2) is 0 Å². The molecule has 1 aliphatic heterocycles. The second-order valence-electron chi connectivity index (χ2n) is 7.55. The van der Waals surface area contributed by atoms with Crippen molar-refractivity contribution >= 4 is 0 Å². The molecule has 1 atom stereocenters. The van der Waals surface area contributed by atoms with E-state index in [1.807, 2.05) is 7.11 Å². The summed E-state index contributed by atoms with van der Waals surface area (Å²) >= 11 is 0. The van der Waals surface area contributed by atoms with E-state index in [2.05, 4.69) is 17.1 Å². The SMILES string of the molecule is COC(C)CN1CC2(CCCC2)NCC12CCCCC2. The van der Waals surface area contributed by atoms with Crippen molar-refractivity contribution in [1.29, 1.82) is 0 Å². The molecule has 116 valence electrons. The zero-order chi connectivity index (χ0) is 14.1. The van der Waals surface area contributed by atoms with Gasteiger partial charge in [0.25, 0.3) is 0 Å². The van der Waals surface area contributed by atoms with E-state index in [1.165, 1.54) is 70.9 Å². The first kappa shape index (κ1) is 14.8. The summed E-state index contributed by atoms with van der Waals surface area (Å²) in [5.74, 6) is 0. The molecule has 1 saturated heterocycles. The van der Waals surface area contributed by atoms with Crippen LogP contribution in [0.5, 0.6) is 0 Å². The van der Waals surface area contributed by atoms with Crippen molar-refractivity contribution in [3.05, 3.63) is 0 Å². The van der Waals surface area contributed by atoms with Gasteiger partial charge in [-0.15, -0.1) is 0 Å². The number of hydrogen-bond acceptors (Lipinski definition) is 3. The Labute approximate surface area is 124 Å². The van der Waals surface area contributed by atoms with Crippen LogP contribution in [0.2, 0.25) is 0 Å². The molecule has 3 fully saturated rings. The van der Waals surface area contributed by atoms with E-state index < -0.39 is 0 Å². The molecule has 3 rings (SSSR count). The van der Waals surface area contributed by atoms with Gasteiger partial charge in [0.1, 0.15) is 0 Å². The largest absolute Gasteiger partial charge is 0.380 e. The van der Waals surface area contributed by atoms with Crippen molar-refractivity contribution in [1.82, 2.24) is 10.2 Å². The number of hydrogen-bond donors (Lipinski definition) is 1. The van der Waals surface area contributed by atoms with Crippen molar-refractivity contribution < 1.29 is 4.74 Å². The smallest absolute Gasteiger partial charge is 0.0670 e. The molecule has 20 heavy (non-hydrogen) atoms. The monoisotopic (exact) mass is 280 g/mol. The minimum absolute atomic E-state index is 0.352. The molecule has 2 aliphatic carbocycles. The number of ether oxygens (including phenoxy) is 1. The minimum atomic E-state index is 0.352. The highest BCUT2D eigenvalue weighted by Crippen LogP contribution is 2.41. The standard InChI is InChI=1S/C17H32N2O/c1-15(20-2)12-19-14-16(8-6-7-9-16)18-13-17(19)10-4-3-5-11-17/h15,18H,3-14H2,1-2H3. The van der Waals surface area contributed by atoms with Crippen LogP contribution in [0.4, 0.5) is 0 Å². The molecule has 2 saturated carbocycles. The zero-order valence-electron chi connectivity index (χ0n) is 13.4. The third-order valence-corrected chi connectivity index (χ3v) is 6.18. The lowest BCUT2D eigenvalue weighted by Gasteiger charge is -2.56. The second-order valence-corrected chi connectivity index (χ2v) is 7.55. The Morgan fingerprint density at radius 3 is 2.35 bits per heavy atom. The van der Waals surface area contributed by atoms with Crippen LogP contribution >= 0.6 is 0 Å². The topological polar surface area (TPSA) is 24.5 Å². The van der Waals surface area contributed by atoms with E-state index in [4.69, 9.17) is 4.74 Å². The lowest BCUT2D eigenvalue weighted by Crippen LogP contribution is -2.70. The third-order valence-electron chi connectivity index (χ3n) is 6.18. The van der Waals surface area contributed by atoms with E-state index in [9.17, 15) is 0 Å². The maximum atomic E-state index is 5.58. The van der Waals surface area contributed by atoms with Crippen LogP contribution in [0.3, 0.4) is 0 Å². The first-order valence-corrected chi connectivity index (χ1v) is 8.71. The average Bonchev–Trinajstić information content (AvgIpc) is 2.93. The van der Waals surface area contributed by atoms with Gasteiger partial charge in [0.05, 0.1) is 6.10 Å². The maximum Gasteiger partial charge on any atom is 0.0670 e. The fourth-order valence-electron chi connectivity index (χ4n) is 4.79. The van der Waals surface area contributed by atoms with Gasteiger partial charge in [-0.25, -0.2) is 0 Å². The van der Waals surface area contributed by atoms with E-state index >= 15 is 0 Å².